The van der Waals surface area contributed by atoms with E-state index in [1.54, 1.807) is 24.1 Å². The highest BCUT2D eigenvalue weighted by Gasteiger charge is 2.19. The number of carbonyl (C=O) groups excluding carboxylic acids is 1. The Kier molecular flexibility index (Phi) is 4.73. The van der Waals surface area contributed by atoms with Crippen molar-refractivity contribution in [1.82, 2.24) is 4.90 Å². The van der Waals surface area contributed by atoms with E-state index in [-0.39, 0.29) is 18.4 Å². The number of benzene rings is 1. The summed E-state index contributed by atoms with van der Waals surface area (Å²) in [5, 5.41) is 0.472. The molecular weight excluding hydrogens is 280 g/mol. The van der Waals surface area contributed by atoms with Crippen molar-refractivity contribution in [1.29, 1.82) is 0 Å². The minimum atomic E-state index is -0.00399. The minimum absolute atomic E-state index is 0.00399. The van der Waals surface area contributed by atoms with Crippen LogP contribution in [0.4, 0.5) is 0 Å². The first-order valence-corrected chi connectivity index (χ1v) is 6.94. The van der Waals surface area contributed by atoms with Crippen LogP contribution in [0, 0.1) is 0 Å². The first kappa shape index (κ1) is 14.9. The van der Waals surface area contributed by atoms with Crippen molar-refractivity contribution in [2.45, 2.75) is 19.4 Å². The Morgan fingerprint density at radius 1 is 1.45 bits per heavy atom. The molecule has 5 nitrogen and oxygen atoms in total. The third-order valence-corrected chi connectivity index (χ3v) is 3.69. The molecule has 0 spiro atoms. The second-order valence-corrected chi connectivity index (χ2v) is 5.28. The van der Waals surface area contributed by atoms with E-state index in [0.29, 0.717) is 36.3 Å². The first-order chi connectivity index (χ1) is 9.52. The Morgan fingerprint density at radius 3 is 2.85 bits per heavy atom. The van der Waals surface area contributed by atoms with E-state index < -0.39 is 0 Å². The monoisotopic (exact) mass is 298 g/mol. The molecule has 2 rings (SSSR count). The van der Waals surface area contributed by atoms with E-state index in [1.165, 1.54) is 0 Å². The number of hydrogen-bond donors (Lipinski definition) is 1. The predicted molar refractivity (Wildman–Crippen MR) is 77.4 cm³/mol. The average molecular weight is 299 g/mol. The number of ether oxygens (including phenoxy) is 2. The summed E-state index contributed by atoms with van der Waals surface area (Å²) < 4.78 is 10.9. The van der Waals surface area contributed by atoms with Crippen LogP contribution < -0.4 is 15.2 Å². The zero-order chi connectivity index (χ0) is 14.7. The smallest absolute Gasteiger partial charge is 0.227 e. The van der Waals surface area contributed by atoms with E-state index in [4.69, 9.17) is 26.8 Å². The Morgan fingerprint density at radius 2 is 2.15 bits per heavy atom. The highest BCUT2D eigenvalue weighted by atomic mass is 35.5. The fourth-order valence-electron chi connectivity index (χ4n) is 1.97. The molecule has 1 aliphatic heterocycles. The van der Waals surface area contributed by atoms with Crippen LogP contribution in [0.3, 0.4) is 0 Å². The fraction of sp³-hybridized carbons (Fsp3) is 0.500. The number of rotatable bonds is 4. The van der Waals surface area contributed by atoms with Gasteiger partial charge < -0.3 is 20.1 Å². The molecule has 1 aromatic rings. The van der Waals surface area contributed by atoms with Gasteiger partial charge in [0.1, 0.15) is 13.2 Å². The van der Waals surface area contributed by atoms with Crippen LogP contribution in [-0.2, 0) is 11.2 Å². The summed E-state index contributed by atoms with van der Waals surface area (Å²) >= 11 is 6.15. The van der Waals surface area contributed by atoms with Crippen LogP contribution in [0.15, 0.2) is 12.1 Å². The largest absolute Gasteiger partial charge is 0.486 e. The molecule has 0 saturated carbocycles. The maximum absolute atomic E-state index is 12.1. The molecule has 1 aromatic carbocycles. The second-order valence-electron chi connectivity index (χ2n) is 4.87. The van der Waals surface area contributed by atoms with E-state index in [9.17, 15) is 4.79 Å². The molecular formula is C14H19ClN2O3. The molecule has 6 heteroatoms. The van der Waals surface area contributed by atoms with Crippen LogP contribution in [0.2, 0.25) is 5.02 Å². The topological polar surface area (TPSA) is 64.8 Å². The number of nitrogens with two attached hydrogens (primary N) is 1. The van der Waals surface area contributed by atoms with Gasteiger partial charge >= 0.3 is 0 Å². The first-order valence-electron chi connectivity index (χ1n) is 6.56. The average Bonchev–Trinajstić information content (AvgIpc) is 2.45. The molecule has 1 aliphatic rings. The van der Waals surface area contributed by atoms with Gasteiger partial charge in [0.2, 0.25) is 5.91 Å². The maximum atomic E-state index is 12.1. The van der Waals surface area contributed by atoms with Crippen LogP contribution >= 0.6 is 11.6 Å². The van der Waals surface area contributed by atoms with Crippen molar-refractivity contribution in [3.8, 4) is 11.5 Å². The van der Waals surface area contributed by atoms with Gasteiger partial charge in [-0.3, -0.25) is 4.79 Å². The van der Waals surface area contributed by atoms with Crippen molar-refractivity contribution in [3.63, 3.8) is 0 Å². The highest BCUT2D eigenvalue weighted by Crippen LogP contribution is 2.38. The van der Waals surface area contributed by atoms with Crippen molar-refractivity contribution < 1.29 is 14.3 Å². The standard InChI is InChI=1S/C14H19ClN2O3/c1-9(8-16)17(2)13(18)7-10-5-11(15)14-12(6-10)19-3-4-20-14/h5-6,9H,3-4,7-8,16H2,1-2H3. The van der Waals surface area contributed by atoms with Gasteiger partial charge in [0.25, 0.3) is 0 Å². The van der Waals surface area contributed by atoms with E-state index >= 15 is 0 Å². The summed E-state index contributed by atoms with van der Waals surface area (Å²) in [4.78, 5) is 13.8. The number of carbonyl (C=O) groups is 1. The predicted octanol–water partition coefficient (Wildman–Crippen LogP) is 1.46. The summed E-state index contributed by atoms with van der Waals surface area (Å²) in [6, 6.07) is 3.56. The maximum Gasteiger partial charge on any atom is 0.227 e. The van der Waals surface area contributed by atoms with Gasteiger partial charge in [-0.25, -0.2) is 0 Å². The summed E-state index contributed by atoms with van der Waals surface area (Å²) in [6.07, 6.45) is 0.261. The molecule has 0 fully saturated rings. The van der Waals surface area contributed by atoms with Gasteiger partial charge in [0, 0.05) is 19.6 Å². The summed E-state index contributed by atoms with van der Waals surface area (Å²) in [6.45, 7) is 3.32. The summed E-state index contributed by atoms with van der Waals surface area (Å²) in [7, 11) is 1.75. The number of nitrogens with zero attached hydrogens (tertiary/aromatic N) is 1. The normalized spacial score (nSPS) is 14.8. The minimum Gasteiger partial charge on any atom is -0.486 e. The van der Waals surface area contributed by atoms with Crippen LogP contribution in [0.25, 0.3) is 0 Å². The molecule has 0 bridgehead atoms. The molecule has 110 valence electrons. The van der Waals surface area contributed by atoms with Gasteiger partial charge in [-0.1, -0.05) is 11.6 Å². The Balaban J connectivity index is 2.14. The summed E-state index contributed by atoms with van der Waals surface area (Å²) in [5.74, 6) is 1.15. The fourth-order valence-corrected chi connectivity index (χ4v) is 2.26. The molecule has 20 heavy (non-hydrogen) atoms. The third-order valence-electron chi connectivity index (χ3n) is 3.41. The SMILES string of the molecule is CC(CN)N(C)C(=O)Cc1cc(Cl)c2c(c1)OCCO2. The number of amides is 1. The number of fused-ring (bicyclic) bond motifs is 1. The van der Waals surface area contributed by atoms with E-state index in [1.807, 2.05) is 6.92 Å². The van der Waals surface area contributed by atoms with Gasteiger partial charge in [0.05, 0.1) is 11.4 Å². The van der Waals surface area contributed by atoms with Crippen molar-refractivity contribution in [3.05, 3.63) is 22.7 Å². The molecule has 2 N–H and O–H groups in total. The lowest BCUT2D eigenvalue weighted by atomic mass is 10.1. The van der Waals surface area contributed by atoms with Crippen LogP contribution in [0.5, 0.6) is 11.5 Å². The molecule has 1 amide bonds. The van der Waals surface area contributed by atoms with Gasteiger partial charge in [-0.05, 0) is 24.6 Å². The molecule has 0 saturated heterocycles. The summed E-state index contributed by atoms with van der Waals surface area (Å²) in [5.41, 5.74) is 6.37. The lowest BCUT2D eigenvalue weighted by molar-refractivity contribution is -0.130. The number of likely N-dealkylation sites (N-methyl/N-ethyl adjacent to an activating group) is 1. The highest BCUT2D eigenvalue weighted by molar-refractivity contribution is 6.32. The zero-order valence-corrected chi connectivity index (χ0v) is 12.4. The molecule has 1 heterocycles. The molecule has 1 unspecified atom stereocenters. The second kappa shape index (κ2) is 6.33. The van der Waals surface area contributed by atoms with Crippen molar-refractivity contribution in [2.75, 3.05) is 26.8 Å². The molecule has 0 aromatic heterocycles. The third kappa shape index (κ3) is 3.16. The van der Waals surface area contributed by atoms with Gasteiger partial charge in [-0.15, -0.1) is 0 Å². The van der Waals surface area contributed by atoms with Gasteiger partial charge in [-0.2, -0.15) is 0 Å². The number of halogens is 1. The van der Waals surface area contributed by atoms with Gasteiger partial charge in [0.15, 0.2) is 11.5 Å². The van der Waals surface area contributed by atoms with Crippen LogP contribution in [-0.4, -0.2) is 43.7 Å². The quantitative estimate of drug-likeness (QED) is 0.914. The Bertz CT molecular complexity index is 507. The molecule has 0 aliphatic carbocycles. The Labute approximate surface area is 123 Å². The lowest BCUT2D eigenvalue weighted by Crippen LogP contribution is -2.40. The molecule has 1 atom stereocenters. The zero-order valence-electron chi connectivity index (χ0n) is 11.7. The van der Waals surface area contributed by atoms with E-state index in [0.717, 1.165) is 5.56 Å². The lowest BCUT2D eigenvalue weighted by Gasteiger charge is -2.24. The molecule has 0 radical (unpaired) electrons. The Hall–Kier alpha value is -1.46. The van der Waals surface area contributed by atoms with Crippen molar-refractivity contribution >= 4 is 17.5 Å². The number of hydrogen-bond acceptors (Lipinski definition) is 4. The van der Waals surface area contributed by atoms with Crippen molar-refractivity contribution in [2.24, 2.45) is 5.73 Å². The van der Waals surface area contributed by atoms with Crippen LogP contribution in [0.1, 0.15) is 12.5 Å². The van der Waals surface area contributed by atoms with E-state index in [2.05, 4.69) is 0 Å².